The fourth-order valence-corrected chi connectivity index (χ4v) is 2.29. The molecule has 1 aromatic rings. The Hall–Kier alpha value is -1.59. The lowest BCUT2D eigenvalue weighted by atomic mass is 10.0. The van der Waals surface area contributed by atoms with E-state index < -0.39 is 0 Å². The van der Waals surface area contributed by atoms with E-state index in [0.717, 1.165) is 12.8 Å². The molecule has 0 spiro atoms. The summed E-state index contributed by atoms with van der Waals surface area (Å²) in [5, 5.41) is 2.85. The number of carbonyl (C=O) groups is 2. The number of ketones is 1. The maximum absolute atomic E-state index is 12.0. The zero-order chi connectivity index (χ0) is 15.4. The van der Waals surface area contributed by atoms with Crippen molar-refractivity contribution in [3.05, 3.63) is 29.3 Å². The van der Waals surface area contributed by atoms with Crippen molar-refractivity contribution in [1.82, 2.24) is 5.32 Å². The molecule has 2 rings (SSSR count). The molecule has 0 saturated heterocycles. The number of Topliss-reactive ketones (excluding diaryl/α,β-unsaturated/α-hetero) is 1. The minimum Gasteiger partial charge on any atom is -0.496 e. The third kappa shape index (κ3) is 5.00. The van der Waals surface area contributed by atoms with Crippen molar-refractivity contribution in [3.63, 3.8) is 0 Å². The summed E-state index contributed by atoms with van der Waals surface area (Å²) in [6.07, 6.45) is 2.50. The summed E-state index contributed by atoms with van der Waals surface area (Å²) < 4.78 is 5.24. The summed E-state index contributed by atoms with van der Waals surface area (Å²) in [5.74, 6) is 1.03. The number of benzene rings is 1. The van der Waals surface area contributed by atoms with Crippen molar-refractivity contribution in [2.45, 2.75) is 32.2 Å². The number of carbonyl (C=O) groups excluding carboxylic acids is 2. The molecule has 3 N–H and O–H groups in total. The Morgan fingerprint density at radius 2 is 2.09 bits per heavy atom. The van der Waals surface area contributed by atoms with Gasteiger partial charge in [0.25, 0.3) is 0 Å². The molecule has 1 aliphatic carbocycles. The number of hydrogen-bond acceptors (Lipinski definition) is 4. The summed E-state index contributed by atoms with van der Waals surface area (Å²) in [6.45, 7) is 2.00. The first kappa shape index (κ1) is 18.5. The van der Waals surface area contributed by atoms with E-state index in [2.05, 4.69) is 5.32 Å². The smallest absolute Gasteiger partial charge is 0.224 e. The molecule has 1 atom stereocenters. The first-order valence-corrected chi connectivity index (χ1v) is 7.21. The SMILES string of the molecule is COc1ccc(C(C)=O)cc1CC(=O)NCC(N)C1CC1.Cl. The lowest BCUT2D eigenvalue weighted by Crippen LogP contribution is -2.39. The highest BCUT2D eigenvalue weighted by molar-refractivity contribution is 5.94. The van der Waals surface area contributed by atoms with Crippen LogP contribution in [0.25, 0.3) is 0 Å². The van der Waals surface area contributed by atoms with E-state index in [0.29, 0.717) is 29.3 Å². The van der Waals surface area contributed by atoms with Gasteiger partial charge >= 0.3 is 0 Å². The molecular formula is C16H23ClN2O3. The minimum atomic E-state index is -0.106. The molecule has 6 heteroatoms. The molecule has 22 heavy (non-hydrogen) atoms. The Bertz CT molecular complexity index is 544. The molecule has 1 aromatic carbocycles. The molecule has 1 amide bonds. The van der Waals surface area contributed by atoms with Crippen LogP contribution in [-0.2, 0) is 11.2 Å². The molecule has 0 radical (unpaired) electrons. The Balaban J connectivity index is 0.00000242. The van der Waals surface area contributed by atoms with Crippen LogP contribution in [0.5, 0.6) is 5.75 Å². The largest absolute Gasteiger partial charge is 0.496 e. The van der Waals surface area contributed by atoms with Gasteiger partial charge in [-0.05, 0) is 43.9 Å². The highest BCUT2D eigenvalue weighted by Gasteiger charge is 2.28. The lowest BCUT2D eigenvalue weighted by Gasteiger charge is -2.13. The van der Waals surface area contributed by atoms with Crippen LogP contribution in [-0.4, -0.2) is 31.4 Å². The summed E-state index contributed by atoms with van der Waals surface area (Å²) in [6, 6.07) is 5.17. The second-order valence-corrected chi connectivity index (χ2v) is 5.56. The fourth-order valence-electron chi connectivity index (χ4n) is 2.29. The van der Waals surface area contributed by atoms with Crippen molar-refractivity contribution in [1.29, 1.82) is 0 Å². The standard InChI is InChI=1S/C16H22N2O3.ClH/c1-10(19)12-5-6-15(21-2)13(7-12)8-16(20)18-9-14(17)11-3-4-11;/h5-7,11,14H,3-4,8-9,17H2,1-2H3,(H,18,20);1H. The van der Waals surface area contributed by atoms with Crippen LogP contribution in [0.2, 0.25) is 0 Å². The van der Waals surface area contributed by atoms with Crippen LogP contribution >= 0.6 is 12.4 Å². The lowest BCUT2D eigenvalue weighted by molar-refractivity contribution is -0.120. The van der Waals surface area contributed by atoms with Crippen LogP contribution in [0.3, 0.4) is 0 Å². The zero-order valence-electron chi connectivity index (χ0n) is 12.9. The fraction of sp³-hybridized carbons (Fsp3) is 0.500. The molecular weight excluding hydrogens is 304 g/mol. The molecule has 0 bridgehead atoms. The number of halogens is 1. The van der Waals surface area contributed by atoms with E-state index in [9.17, 15) is 9.59 Å². The molecule has 0 aromatic heterocycles. The Labute approximate surface area is 137 Å². The van der Waals surface area contributed by atoms with E-state index >= 15 is 0 Å². The van der Waals surface area contributed by atoms with Gasteiger partial charge in [0, 0.05) is 23.7 Å². The normalized spacial score (nSPS) is 14.7. The quantitative estimate of drug-likeness (QED) is 0.747. The Morgan fingerprint density at radius 1 is 1.41 bits per heavy atom. The molecule has 1 aliphatic rings. The molecule has 0 aliphatic heterocycles. The van der Waals surface area contributed by atoms with Crippen LogP contribution in [0, 0.1) is 5.92 Å². The van der Waals surface area contributed by atoms with Gasteiger partial charge in [-0.1, -0.05) is 0 Å². The van der Waals surface area contributed by atoms with Gasteiger partial charge in [0.05, 0.1) is 13.5 Å². The molecule has 1 saturated carbocycles. The maximum atomic E-state index is 12.0. The number of nitrogens with two attached hydrogens (primary N) is 1. The highest BCUT2D eigenvalue weighted by atomic mass is 35.5. The molecule has 1 unspecified atom stereocenters. The number of methoxy groups -OCH3 is 1. The van der Waals surface area contributed by atoms with Gasteiger partial charge < -0.3 is 15.8 Å². The van der Waals surface area contributed by atoms with E-state index in [1.54, 1.807) is 25.3 Å². The van der Waals surface area contributed by atoms with Gasteiger partial charge in [-0.3, -0.25) is 9.59 Å². The zero-order valence-corrected chi connectivity index (χ0v) is 13.7. The number of hydrogen-bond donors (Lipinski definition) is 2. The average Bonchev–Trinajstić information content (AvgIpc) is 3.29. The Morgan fingerprint density at radius 3 is 2.64 bits per heavy atom. The Kier molecular flexibility index (Phi) is 6.84. The van der Waals surface area contributed by atoms with Crippen molar-refractivity contribution < 1.29 is 14.3 Å². The van der Waals surface area contributed by atoms with E-state index in [4.69, 9.17) is 10.5 Å². The summed E-state index contributed by atoms with van der Waals surface area (Å²) >= 11 is 0. The third-order valence-corrected chi connectivity index (χ3v) is 3.80. The van der Waals surface area contributed by atoms with Gasteiger partial charge in [-0.2, -0.15) is 0 Å². The second-order valence-electron chi connectivity index (χ2n) is 5.56. The number of ether oxygens (including phenoxy) is 1. The van der Waals surface area contributed by atoms with Gasteiger partial charge in [0.1, 0.15) is 5.75 Å². The summed E-state index contributed by atoms with van der Waals surface area (Å²) in [5.41, 5.74) is 7.24. The van der Waals surface area contributed by atoms with E-state index in [1.165, 1.54) is 6.92 Å². The van der Waals surface area contributed by atoms with Crippen molar-refractivity contribution in [2.24, 2.45) is 11.7 Å². The van der Waals surface area contributed by atoms with Crippen LogP contribution in [0.1, 0.15) is 35.7 Å². The monoisotopic (exact) mass is 326 g/mol. The van der Waals surface area contributed by atoms with Crippen molar-refractivity contribution >= 4 is 24.1 Å². The molecule has 5 nitrogen and oxygen atoms in total. The van der Waals surface area contributed by atoms with Gasteiger partial charge in [0.2, 0.25) is 5.91 Å². The van der Waals surface area contributed by atoms with Gasteiger partial charge in [-0.15, -0.1) is 12.4 Å². The first-order chi connectivity index (χ1) is 10.0. The van der Waals surface area contributed by atoms with Crippen LogP contribution < -0.4 is 15.8 Å². The average molecular weight is 327 g/mol. The number of amides is 1. The number of nitrogens with one attached hydrogen (secondary N) is 1. The van der Waals surface area contributed by atoms with E-state index in [-0.39, 0.29) is 36.6 Å². The molecule has 0 heterocycles. The minimum absolute atomic E-state index is 0. The topological polar surface area (TPSA) is 81.4 Å². The first-order valence-electron chi connectivity index (χ1n) is 7.21. The van der Waals surface area contributed by atoms with Gasteiger partial charge in [0.15, 0.2) is 5.78 Å². The van der Waals surface area contributed by atoms with Gasteiger partial charge in [-0.25, -0.2) is 0 Å². The number of rotatable bonds is 7. The van der Waals surface area contributed by atoms with Crippen molar-refractivity contribution in [2.75, 3.05) is 13.7 Å². The van der Waals surface area contributed by atoms with Crippen molar-refractivity contribution in [3.8, 4) is 5.75 Å². The predicted octanol–water partition coefficient (Wildman–Crippen LogP) is 1.72. The summed E-state index contributed by atoms with van der Waals surface area (Å²) in [7, 11) is 1.55. The maximum Gasteiger partial charge on any atom is 0.224 e. The predicted molar refractivity (Wildman–Crippen MR) is 87.7 cm³/mol. The molecule has 1 fully saturated rings. The highest BCUT2D eigenvalue weighted by Crippen LogP contribution is 2.31. The second kappa shape index (κ2) is 8.15. The van der Waals surface area contributed by atoms with E-state index in [1.807, 2.05) is 0 Å². The third-order valence-electron chi connectivity index (χ3n) is 3.80. The molecule has 122 valence electrons. The summed E-state index contributed by atoms with van der Waals surface area (Å²) in [4.78, 5) is 23.4. The van der Waals surface area contributed by atoms with Crippen LogP contribution in [0.4, 0.5) is 0 Å². The van der Waals surface area contributed by atoms with Crippen LogP contribution in [0.15, 0.2) is 18.2 Å².